The normalized spacial score (nSPS) is 15.6. The second kappa shape index (κ2) is 10.8. The number of aliphatic imine (C=N–C) groups is 1. The van der Waals surface area contributed by atoms with Crippen LogP contribution in [0.1, 0.15) is 22.0 Å². The second-order valence-electron chi connectivity index (χ2n) is 7.26. The lowest BCUT2D eigenvalue weighted by Crippen LogP contribution is -2.47. The minimum absolute atomic E-state index is 0.713. The van der Waals surface area contributed by atoms with Crippen molar-refractivity contribution in [3.05, 3.63) is 44.9 Å². The summed E-state index contributed by atoms with van der Waals surface area (Å²) >= 11 is 7.86. The molecule has 158 valence electrons. The molecule has 29 heavy (non-hydrogen) atoms. The van der Waals surface area contributed by atoms with Crippen molar-refractivity contribution in [2.75, 3.05) is 51.2 Å². The third kappa shape index (κ3) is 6.59. The van der Waals surface area contributed by atoms with E-state index in [1.54, 1.807) is 11.3 Å². The van der Waals surface area contributed by atoms with Crippen LogP contribution < -0.4 is 15.5 Å². The van der Waals surface area contributed by atoms with Gasteiger partial charge in [-0.25, -0.2) is 4.98 Å². The summed E-state index contributed by atoms with van der Waals surface area (Å²) in [6.45, 7) is 11.1. The SMILES string of the molecule is CN=C(NCCCN1CCN(c2cccc(Cl)c2)CC1)NCc1nc(C)c(C)s1. The van der Waals surface area contributed by atoms with Crippen molar-refractivity contribution in [1.29, 1.82) is 0 Å². The van der Waals surface area contributed by atoms with E-state index in [0.29, 0.717) is 6.54 Å². The predicted octanol–water partition coefficient (Wildman–Crippen LogP) is 3.29. The molecule has 8 heteroatoms. The van der Waals surface area contributed by atoms with Crippen molar-refractivity contribution < 1.29 is 0 Å². The first kappa shape index (κ1) is 21.9. The number of anilines is 1. The van der Waals surface area contributed by atoms with Gasteiger partial charge in [-0.1, -0.05) is 17.7 Å². The molecule has 2 aromatic rings. The first-order chi connectivity index (χ1) is 14.0. The molecule has 1 fully saturated rings. The first-order valence-corrected chi connectivity index (χ1v) is 11.3. The van der Waals surface area contributed by atoms with Gasteiger partial charge < -0.3 is 15.5 Å². The molecule has 1 saturated heterocycles. The zero-order valence-electron chi connectivity index (χ0n) is 17.5. The number of halogens is 1. The summed E-state index contributed by atoms with van der Waals surface area (Å²) in [6, 6.07) is 8.13. The minimum Gasteiger partial charge on any atom is -0.369 e. The maximum absolute atomic E-state index is 6.12. The summed E-state index contributed by atoms with van der Waals surface area (Å²) < 4.78 is 0. The van der Waals surface area contributed by atoms with Crippen molar-refractivity contribution in [3.8, 4) is 0 Å². The zero-order valence-corrected chi connectivity index (χ0v) is 19.1. The monoisotopic (exact) mass is 434 g/mol. The average Bonchev–Trinajstić information content (AvgIpc) is 3.05. The number of thiazole rings is 1. The predicted molar refractivity (Wildman–Crippen MR) is 125 cm³/mol. The lowest BCUT2D eigenvalue weighted by molar-refractivity contribution is 0.255. The Morgan fingerprint density at radius 3 is 2.66 bits per heavy atom. The minimum atomic E-state index is 0.713. The van der Waals surface area contributed by atoms with Gasteiger partial charge in [0.25, 0.3) is 0 Å². The molecule has 0 unspecified atom stereocenters. The molecule has 2 N–H and O–H groups in total. The number of aryl methyl sites for hydroxylation is 2. The molecule has 1 aliphatic heterocycles. The molecule has 0 saturated carbocycles. The summed E-state index contributed by atoms with van der Waals surface area (Å²) in [4.78, 5) is 15.1. The summed E-state index contributed by atoms with van der Waals surface area (Å²) in [7, 11) is 1.81. The molecule has 0 aliphatic carbocycles. The fourth-order valence-electron chi connectivity index (χ4n) is 3.41. The second-order valence-corrected chi connectivity index (χ2v) is 8.99. The van der Waals surface area contributed by atoms with Gasteiger partial charge in [-0.3, -0.25) is 9.89 Å². The molecule has 1 aromatic heterocycles. The summed E-state index contributed by atoms with van der Waals surface area (Å²) in [6.07, 6.45) is 1.09. The lowest BCUT2D eigenvalue weighted by Gasteiger charge is -2.36. The van der Waals surface area contributed by atoms with Crippen LogP contribution >= 0.6 is 22.9 Å². The molecule has 3 rings (SSSR count). The maximum atomic E-state index is 6.12. The van der Waals surface area contributed by atoms with Gasteiger partial charge in [0.15, 0.2) is 5.96 Å². The van der Waals surface area contributed by atoms with Crippen LogP contribution in [0.2, 0.25) is 5.02 Å². The standard InChI is InChI=1S/C21H31ClN6S/c1-16-17(2)29-20(26-16)15-25-21(23-3)24-8-5-9-27-10-12-28(13-11-27)19-7-4-6-18(22)14-19/h4,6-7,14H,5,8-13,15H2,1-3H3,(H2,23,24,25). The zero-order chi connectivity index (χ0) is 20.6. The number of aromatic nitrogens is 1. The van der Waals surface area contributed by atoms with Crippen LogP contribution in [-0.4, -0.2) is 62.2 Å². The number of benzene rings is 1. The number of guanidine groups is 1. The van der Waals surface area contributed by atoms with E-state index in [1.165, 1.54) is 10.6 Å². The Hall–Kier alpha value is -1.83. The summed E-state index contributed by atoms with van der Waals surface area (Å²) in [5.74, 6) is 0.835. The van der Waals surface area contributed by atoms with Gasteiger partial charge in [0.2, 0.25) is 0 Å². The van der Waals surface area contributed by atoms with E-state index in [4.69, 9.17) is 11.6 Å². The van der Waals surface area contributed by atoms with Gasteiger partial charge in [0.1, 0.15) is 5.01 Å². The number of nitrogens with zero attached hydrogens (tertiary/aromatic N) is 4. The van der Waals surface area contributed by atoms with Gasteiger partial charge in [-0.05, 0) is 45.0 Å². The topological polar surface area (TPSA) is 55.8 Å². The number of nitrogens with one attached hydrogen (secondary N) is 2. The Kier molecular flexibility index (Phi) is 8.15. The van der Waals surface area contributed by atoms with E-state index in [0.717, 1.165) is 67.4 Å². The maximum Gasteiger partial charge on any atom is 0.191 e. The van der Waals surface area contributed by atoms with E-state index < -0.39 is 0 Å². The largest absolute Gasteiger partial charge is 0.369 e. The third-order valence-corrected chi connectivity index (χ3v) is 6.50. The van der Waals surface area contributed by atoms with Crippen LogP contribution in [0.15, 0.2) is 29.3 Å². The molecule has 2 heterocycles. The highest BCUT2D eigenvalue weighted by molar-refractivity contribution is 7.11. The molecular weight excluding hydrogens is 404 g/mol. The van der Waals surface area contributed by atoms with E-state index >= 15 is 0 Å². The van der Waals surface area contributed by atoms with Crippen molar-refractivity contribution >= 4 is 34.6 Å². The number of hydrogen-bond acceptors (Lipinski definition) is 5. The van der Waals surface area contributed by atoms with Crippen molar-refractivity contribution in [1.82, 2.24) is 20.5 Å². The van der Waals surface area contributed by atoms with E-state index in [9.17, 15) is 0 Å². The van der Waals surface area contributed by atoms with Gasteiger partial charge in [0.05, 0.1) is 12.2 Å². The molecule has 0 bridgehead atoms. The first-order valence-electron chi connectivity index (χ1n) is 10.2. The molecule has 1 aromatic carbocycles. The van der Waals surface area contributed by atoms with Gasteiger partial charge in [-0.2, -0.15) is 0 Å². The Labute approximate surface area is 183 Å². The number of hydrogen-bond donors (Lipinski definition) is 2. The van der Waals surface area contributed by atoms with Crippen molar-refractivity contribution in [2.24, 2.45) is 4.99 Å². The molecule has 6 nitrogen and oxygen atoms in total. The molecule has 1 aliphatic rings. The molecule has 0 spiro atoms. The van der Waals surface area contributed by atoms with Gasteiger partial charge in [0, 0.05) is 55.4 Å². The lowest BCUT2D eigenvalue weighted by atomic mass is 10.2. The van der Waals surface area contributed by atoms with Crippen LogP contribution in [0.3, 0.4) is 0 Å². The molecule has 0 amide bonds. The van der Waals surface area contributed by atoms with Crippen molar-refractivity contribution in [2.45, 2.75) is 26.8 Å². The quantitative estimate of drug-likeness (QED) is 0.398. The highest BCUT2D eigenvalue weighted by Crippen LogP contribution is 2.20. The van der Waals surface area contributed by atoms with Gasteiger partial charge >= 0.3 is 0 Å². The van der Waals surface area contributed by atoms with E-state index in [1.807, 2.05) is 25.2 Å². The Balaban J connectivity index is 1.32. The number of piperazine rings is 1. The summed E-state index contributed by atoms with van der Waals surface area (Å²) in [5, 5.41) is 8.66. The third-order valence-electron chi connectivity index (χ3n) is 5.19. The molecular formula is C21H31ClN6S. The Morgan fingerprint density at radius 1 is 1.21 bits per heavy atom. The van der Waals surface area contributed by atoms with E-state index in [-0.39, 0.29) is 0 Å². The highest BCUT2D eigenvalue weighted by Gasteiger charge is 2.17. The van der Waals surface area contributed by atoms with Crippen LogP contribution in [0.4, 0.5) is 5.69 Å². The van der Waals surface area contributed by atoms with Crippen LogP contribution in [0.5, 0.6) is 0 Å². The van der Waals surface area contributed by atoms with Crippen LogP contribution in [-0.2, 0) is 6.54 Å². The summed E-state index contributed by atoms with van der Waals surface area (Å²) in [5.41, 5.74) is 2.34. The van der Waals surface area contributed by atoms with Crippen molar-refractivity contribution in [3.63, 3.8) is 0 Å². The van der Waals surface area contributed by atoms with Crippen LogP contribution in [0, 0.1) is 13.8 Å². The molecule has 0 radical (unpaired) electrons. The van der Waals surface area contributed by atoms with E-state index in [2.05, 4.69) is 50.3 Å². The van der Waals surface area contributed by atoms with Crippen LogP contribution in [0.25, 0.3) is 0 Å². The average molecular weight is 435 g/mol. The number of rotatable bonds is 7. The fourth-order valence-corrected chi connectivity index (χ4v) is 4.46. The Bertz CT molecular complexity index is 794. The Morgan fingerprint density at radius 2 is 2.00 bits per heavy atom. The van der Waals surface area contributed by atoms with Gasteiger partial charge in [-0.15, -0.1) is 11.3 Å². The fraction of sp³-hybridized carbons (Fsp3) is 0.524. The highest BCUT2D eigenvalue weighted by atomic mass is 35.5. The molecule has 0 atom stereocenters. The smallest absolute Gasteiger partial charge is 0.191 e.